The first-order valence-electron chi connectivity index (χ1n) is 7.30. The number of rotatable bonds is 4. The Bertz CT molecular complexity index is 518. The van der Waals surface area contributed by atoms with Crippen molar-refractivity contribution in [1.29, 1.82) is 0 Å². The van der Waals surface area contributed by atoms with Crippen molar-refractivity contribution in [2.75, 3.05) is 39.1 Å². The van der Waals surface area contributed by atoms with Gasteiger partial charge < -0.3 is 14.7 Å². The van der Waals surface area contributed by atoms with Crippen molar-refractivity contribution in [2.45, 2.75) is 25.9 Å². The monoisotopic (exact) mass is 309 g/mol. The third-order valence-electron chi connectivity index (χ3n) is 4.24. The number of benzene rings is 1. The van der Waals surface area contributed by atoms with Gasteiger partial charge in [0.1, 0.15) is 0 Å². The van der Waals surface area contributed by atoms with Gasteiger partial charge in [0.15, 0.2) is 0 Å². The predicted octanol–water partition coefficient (Wildman–Crippen LogP) is 2.46. The molecular weight excluding hydrogens is 286 g/mol. The highest BCUT2D eigenvalue weighted by molar-refractivity contribution is 6.31. The number of halogens is 1. The Labute approximate surface area is 132 Å². The van der Waals surface area contributed by atoms with E-state index in [4.69, 9.17) is 11.6 Å². The standard InChI is InChI=1S/C16H24ClN3O/c1-12(21)19(4)10-13-5-6-14(9-16(13)17)20-8-7-15(11-20)18(2)3/h5-6,9,15H,7-8,10-11H2,1-4H3. The van der Waals surface area contributed by atoms with Crippen molar-refractivity contribution in [3.8, 4) is 0 Å². The number of amides is 1. The summed E-state index contributed by atoms with van der Waals surface area (Å²) in [6.45, 7) is 4.21. The normalized spacial score (nSPS) is 18.4. The Hall–Kier alpha value is -1.26. The van der Waals surface area contributed by atoms with Crippen LogP contribution in [0.5, 0.6) is 0 Å². The van der Waals surface area contributed by atoms with Gasteiger partial charge in [-0.2, -0.15) is 0 Å². The highest BCUT2D eigenvalue weighted by Gasteiger charge is 2.24. The first kappa shape index (κ1) is 16.1. The van der Waals surface area contributed by atoms with Crippen LogP contribution in [-0.4, -0.2) is 56.0 Å². The van der Waals surface area contributed by atoms with Gasteiger partial charge in [0.05, 0.1) is 0 Å². The summed E-state index contributed by atoms with van der Waals surface area (Å²) in [7, 11) is 6.04. The molecule has 1 aromatic carbocycles. The zero-order valence-corrected chi connectivity index (χ0v) is 14.0. The lowest BCUT2D eigenvalue weighted by Crippen LogP contribution is -2.31. The van der Waals surface area contributed by atoms with Crippen LogP contribution in [0.4, 0.5) is 5.69 Å². The number of hydrogen-bond acceptors (Lipinski definition) is 3. The Morgan fingerprint density at radius 1 is 1.38 bits per heavy atom. The number of likely N-dealkylation sites (N-methyl/N-ethyl adjacent to an activating group) is 1. The second-order valence-electron chi connectivity index (χ2n) is 6.00. The van der Waals surface area contributed by atoms with Crippen molar-refractivity contribution in [2.24, 2.45) is 0 Å². The maximum absolute atomic E-state index is 11.3. The molecule has 1 amide bonds. The lowest BCUT2D eigenvalue weighted by molar-refractivity contribution is -0.128. The largest absolute Gasteiger partial charge is 0.370 e. The van der Waals surface area contributed by atoms with E-state index in [0.29, 0.717) is 12.6 Å². The summed E-state index contributed by atoms with van der Waals surface area (Å²) in [4.78, 5) is 17.6. The van der Waals surface area contributed by atoms with Gasteiger partial charge in [-0.05, 0) is 38.2 Å². The van der Waals surface area contributed by atoms with Crippen LogP contribution in [-0.2, 0) is 11.3 Å². The first-order chi connectivity index (χ1) is 9.88. The molecular formula is C16H24ClN3O. The molecule has 1 aliphatic heterocycles. The average Bonchev–Trinajstić information content (AvgIpc) is 2.90. The zero-order valence-electron chi connectivity index (χ0n) is 13.3. The van der Waals surface area contributed by atoms with Crippen LogP contribution in [0.3, 0.4) is 0 Å². The van der Waals surface area contributed by atoms with Crippen molar-refractivity contribution < 1.29 is 4.79 Å². The maximum Gasteiger partial charge on any atom is 0.219 e. The molecule has 0 radical (unpaired) electrons. The molecule has 1 saturated heterocycles. The molecule has 21 heavy (non-hydrogen) atoms. The number of anilines is 1. The molecule has 0 aromatic heterocycles. The fourth-order valence-electron chi connectivity index (χ4n) is 2.63. The highest BCUT2D eigenvalue weighted by atomic mass is 35.5. The first-order valence-corrected chi connectivity index (χ1v) is 7.67. The molecule has 0 N–H and O–H groups in total. The van der Waals surface area contributed by atoms with Gasteiger partial charge in [0.2, 0.25) is 5.91 Å². The van der Waals surface area contributed by atoms with E-state index in [1.54, 1.807) is 18.9 Å². The van der Waals surface area contributed by atoms with Crippen LogP contribution >= 0.6 is 11.6 Å². The van der Waals surface area contributed by atoms with Crippen molar-refractivity contribution in [3.63, 3.8) is 0 Å². The van der Waals surface area contributed by atoms with Gasteiger partial charge in [0.25, 0.3) is 0 Å². The molecule has 5 heteroatoms. The molecule has 2 rings (SSSR count). The quantitative estimate of drug-likeness (QED) is 0.855. The van der Waals surface area contributed by atoms with Crippen LogP contribution in [0.1, 0.15) is 18.9 Å². The summed E-state index contributed by atoms with van der Waals surface area (Å²) >= 11 is 6.38. The van der Waals surface area contributed by atoms with Crippen LogP contribution in [0.15, 0.2) is 18.2 Å². The van der Waals surface area contributed by atoms with Crippen LogP contribution in [0, 0.1) is 0 Å². The molecule has 0 aliphatic carbocycles. The minimum atomic E-state index is 0.0449. The molecule has 0 spiro atoms. The molecule has 1 atom stereocenters. The topological polar surface area (TPSA) is 26.8 Å². The molecule has 1 heterocycles. The molecule has 1 fully saturated rings. The Kier molecular flexibility index (Phi) is 5.12. The lowest BCUT2D eigenvalue weighted by Gasteiger charge is -2.23. The summed E-state index contributed by atoms with van der Waals surface area (Å²) in [5.41, 5.74) is 2.15. The van der Waals surface area contributed by atoms with Gasteiger partial charge in [-0.15, -0.1) is 0 Å². The van der Waals surface area contributed by atoms with Crippen molar-refractivity contribution in [3.05, 3.63) is 28.8 Å². The van der Waals surface area contributed by atoms with E-state index in [1.165, 1.54) is 12.1 Å². The fourth-order valence-corrected chi connectivity index (χ4v) is 2.86. The minimum absolute atomic E-state index is 0.0449. The van der Waals surface area contributed by atoms with E-state index in [9.17, 15) is 4.79 Å². The van der Waals surface area contributed by atoms with Gasteiger partial charge in [-0.1, -0.05) is 17.7 Å². The van der Waals surface area contributed by atoms with Crippen molar-refractivity contribution in [1.82, 2.24) is 9.80 Å². The fraction of sp³-hybridized carbons (Fsp3) is 0.562. The lowest BCUT2D eigenvalue weighted by atomic mass is 10.2. The number of carbonyl (C=O) groups is 1. The van der Waals surface area contributed by atoms with Crippen LogP contribution in [0.2, 0.25) is 5.02 Å². The molecule has 1 unspecified atom stereocenters. The minimum Gasteiger partial charge on any atom is -0.370 e. The molecule has 1 aromatic rings. The van der Waals surface area contributed by atoms with E-state index < -0.39 is 0 Å². The SMILES string of the molecule is CC(=O)N(C)Cc1ccc(N2CCC(N(C)C)C2)cc1Cl. The van der Waals surface area contributed by atoms with E-state index in [1.807, 2.05) is 12.1 Å². The third-order valence-corrected chi connectivity index (χ3v) is 4.59. The summed E-state index contributed by atoms with van der Waals surface area (Å²) in [5, 5.41) is 0.730. The zero-order chi connectivity index (χ0) is 15.6. The van der Waals surface area contributed by atoms with Gasteiger partial charge in [-0.3, -0.25) is 4.79 Å². The smallest absolute Gasteiger partial charge is 0.219 e. The van der Waals surface area contributed by atoms with Gasteiger partial charge in [0, 0.05) is 50.4 Å². The second kappa shape index (κ2) is 6.67. The van der Waals surface area contributed by atoms with Crippen LogP contribution in [0.25, 0.3) is 0 Å². The number of hydrogen-bond donors (Lipinski definition) is 0. The molecule has 0 saturated carbocycles. The Morgan fingerprint density at radius 2 is 2.10 bits per heavy atom. The highest BCUT2D eigenvalue weighted by Crippen LogP contribution is 2.27. The number of carbonyl (C=O) groups excluding carboxylic acids is 1. The Morgan fingerprint density at radius 3 is 2.62 bits per heavy atom. The molecule has 1 aliphatic rings. The van der Waals surface area contributed by atoms with Gasteiger partial charge >= 0.3 is 0 Å². The summed E-state index contributed by atoms with van der Waals surface area (Å²) in [5.74, 6) is 0.0449. The average molecular weight is 310 g/mol. The molecule has 0 bridgehead atoms. The summed E-state index contributed by atoms with van der Waals surface area (Å²) in [6.07, 6.45) is 1.18. The third kappa shape index (κ3) is 3.89. The van der Waals surface area contributed by atoms with Crippen molar-refractivity contribution >= 4 is 23.2 Å². The number of nitrogens with zero attached hydrogens (tertiary/aromatic N) is 3. The molecule has 4 nitrogen and oxygen atoms in total. The maximum atomic E-state index is 11.3. The van der Waals surface area contributed by atoms with E-state index in [2.05, 4.69) is 30.0 Å². The van der Waals surface area contributed by atoms with E-state index in [-0.39, 0.29) is 5.91 Å². The predicted molar refractivity (Wildman–Crippen MR) is 87.9 cm³/mol. The van der Waals surface area contributed by atoms with E-state index in [0.717, 1.165) is 23.7 Å². The summed E-state index contributed by atoms with van der Waals surface area (Å²) in [6, 6.07) is 6.75. The summed E-state index contributed by atoms with van der Waals surface area (Å²) < 4.78 is 0. The van der Waals surface area contributed by atoms with E-state index >= 15 is 0 Å². The second-order valence-corrected chi connectivity index (χ2v) is 6.41. The van der Waals surface area contributed by atoms with Gasteiger partial charge in [-0.25, -0.2) is 0 Å². The van der Waals surface area contributed by atoms with Crippen LogP contribution < -0.4 is 4.90 Å². The Balaban J connectivity index is 2.07. The molecule has 116 valence electrons.